The van der Waals surface area contributed by atoms with Crippen molar-refractivity contribution in [2.45, 2.75) is 12.3 Å². The molecule has 112 valence electrons. The van der Waals surface area contributed by atoms with Crippen LogP contribution < -0.4 is 0 Å². The van der Waals surface area contributed by atoms with Crippen LogP contribution in [0.5, 0.6) is 0 Å². The zero-order chi connectivity index (χ0) is 15.6. The topological polar surface area (TPSA) is 72.6 Å². The molecule has 0 amide bonds. The molecule has 0 unspecified atom stereocenters. The number of aliphatic hydroxyl groups is 1. The Labute approximate surface area is 116 Å². The van der Waals surface area contributed by atoms with Crippen LogP contribution >= 0.6 is 0 Å². The average molecular weight is 301 g/mol. The first kappa shape index (κ1) is 15.0. The summed E-state index contributed by atoms with van der Waals surface area (Å²) in [4.78, 5) is 11.4. The molecule has 0 fully saturated rings. The second kappa shape index (κ2) is 5.57. The summed E-state index contributed by atoms with van der Waals surface area (Å²) < 4.78 is 46.5. The van der Waals surface area contributed by atoms with E-state index in [-0.39, 0.29) is 16.8 Å². The van der Waals surface area contributed by atoms with Crippen LogP contribution in [0.3, 0.4) is 0 Å². The van der Waals surface area contributed by atoms with Gasteiger partial charge in [-0.25, -0.2) is 4.79 Å². The fourth-order valence-corrected chi connectivity index (χ4v) is 1.72. The number of ether oxygens (including phenoxy) is 1. The summed E-state index contributed by atoms with van der Waals surface area (Å²) in [7, 11) is 1.14. The molecule has 1 heterocycles. The first-order valence-corrected chi connectivity index (χ1v) is 5.72. The van der Waals surface area contributed by atoms with Crippen LogP contribution in [-0.2, 0) is 10.9 Å². The van der Waals surface area contributed by atoms with Crippen molar-refractivity contribution in [3.8, 4) is 0 Å². The fraction of sp³-hybridized carbons (Fsp3) is 0.231. The van der Waals surface area contributed by atoms with E-state index in [1.165, 1.54) is 0 Å². The van der Waals surface area contributed by atoms with E-state index in [1.54, 1.807) is 0 Å². The molecule has 0 bridgehead atoms. The molecule has 1 atom stereocenters. The number of alkyl halides is 3. The maximum atomic E-state index is 12.5. The van der Waals surface area contributed by atoms with Gasteiger partial charge in [-0.2, -0.15) is 13.2 Å². The van der Waals surface area contributed by atoms with Crippen molar-refractivity contribution >= 4 is 5.97 Å². The van der Waals surface area contributed by atoms with Gasteiger partial charge < -0.3 is 14.4 Å². The summed E-state index contributed by atoms with van der Waals surface area (Å²) in [6, 6.07) is 3.86. The highest BCUT2D eigenvalue weighted by molar-refractivity contribution is 5.90. The van der Waals surface area contributed by atoms with E-state index in [4.69, 9.17) is 0 Å². The molecule has 2 rings (SSSR count). The van der Waals surface area contributed by atoms with Crippen molar-refractivity contribution in [1.82, 2.24) is 5.16 Å². The Bertz CT molecular complexity index is 634. The Kier molecular flexibility index (Phi) is 3.99. The number of hydrogen-bond acceptors (Lipinski definition) is 5. The summed E-state index contributed by atoms with van der Waals surface area (Å²) >= 11 is 0. The standard InChI is InChI=1S/C13H10F3NO4/c1-20-12(19)9-6-21-17-10(9)11(18)7-2-4-8(5-3-7)13(14,15)16/h2-6,11,18H,1H3/t11-/m0/s1. The zero-order valence-corrected chi connectivity index (χ0v) is 10.7. The van der Waals surface area contributed by atoms with Gasteiger partial charge in [0.25, 0.3) is 0 Å². The van der Waals surface area contributed by atoms with Gasteiger partial charge in [0, 0.05) is 0 Å². The summed E-state index contributed by atoms with van der Waals surface area (Å²) in [6.07, 6.45) is -4.87. The maximum Gasteiger partial charge on any atom is 0.416 e. The first-order valence-electron chi connectivity index (χ1n) is 5.72. The Hall–Kier alpha value is -2.35. The lowest BCUT2D eigenvalue weighted by atomic mass is 10.0. The number of aliphatic hydroxyl groups excluding tert-OH is 1. The smallest absolute Gasteiger partial charge is 0.416 e. The molecule has 5 nitrogen and oxygen atoms in total. The SMILES string of the molecule is COC(=O)c1conc1[C@@H](O)c1ccc(C(F)(F)F)cc1. The number of methoxy groups -OCH3 is 1. The molecule has 8 heteroatoms. The molecule has 0 spiro atoms. The number of halogens is 3. The van der Waals surface area contributed by atoms with Crippen LogP contribution in [0.15, 0.2) is 35.1 Å². The highest BCUT2D eigenvalue weighted by Crippen LogP contribution is 2.31. The second-order valence-corrected chi connectivity index (χ2v) is 4.13. The molecule has 2 aromatic rings. The third-order valence-electron chi connectivity index (χ3n) is 2.82. The van der Waals surface area contributed by atoms with Gasteiger partial charge in [-0.05, 0) is 17.7 Å². The zero-order valence-electron chi connectivity index (χ0n) is 10.7. The molecule has 1 aromatic carbocycles. The quantitative estimate of drug-likeness (QED) is 0.882. The van der Waals surface area contributed by atoms with Crippen molar-refractivity contribution in [1.29, 1.82) is 0 Å². The Morgan fingerprint density at radius 1 is 1.33 bits per heavy atom. The molecular formula is C13H10F3NO4. The average Bonchev–Trinajstić information content (AvgIpc) is 2.94. The van der Waals surface area contributed by atoms with E-state index in [9.17, 15) is 23.1 Å². The third kappa shape index (κ3) is 3.05. The number of nitrogens with zero attached hydrogens (tertiary/aromatic N) is 1. The highest BCUT2D eigenvalue weighted by atomic mass is 19.4. The summed E-state index contributed by atoms with van der Waals surface area (Å²) in [5, 5.41) is 13.6. The van der Waals surface area contributed by atoms with Gasteiger partial charge in [0.2, 0.25) is 0 Å². The summed E-state index contributed by atoms with van der Waals surface area (Å²) in [6.45, 7) is 0. The summed E-state index contributed by atoms with van der Waals surface area (Å²) in [5.41, 5.74) is -0.916. The van der Waals surface area contributed by atoms with Gasteiger partial charge in [0.15, 0.2) is 0 Å². The molecule has 0 saturated heterocycles. The molecular weight excluding hydrogens is 291 g/mol. The highest BCUT2D eigenvalue weighted by Gasteiger charge is 2.31. The predicted molar refractivity (Wildman–Crippen MR) is 63.3 cm³/mol. The molecule has 0 saturated carbocycles. The van der Waals surface area contributed by atoms with Crippen LogP contribution in [0.25, 0.3) is 0 Å². The van der Waals surface area contributed by atoms with Gasteiger partial charge in [-0.15, -0.1) is 0 Å². The van der Waals surface area contributed by atoms with E-state index in [2.05, 4.69) is 14.4 Å². The lowest BCUT2D eigenvalue weighted by Crippen LogP contribution is -2.10. The number of carbonyl (C=O) groups is 1. The minimum Gasteiger partial charge on any atom is -0.465 e. The van der Waals surface area contributed by atoms with Crippen LogP contribution in [0.4, 0.5) is 13.2 Å². The molecule has 1 aromatic heterocycles. The number of aromatic nitrogens is 1. The summed E-state index contributed by atoms with van der Waals surface area (Å²) in [5.74, 6) is -0.766. The third-order valence-corrected chi connectivity index (χ3v) is 2.82. The minimum absolute atomic E-state index is 0.0927. The molecule has 0 aliphatic rings. The lowest BCUT2D eigenvalue weighted by Gasteiger charge is -2.11. The molecule has 0 radical (unpaired) electrons. The van der Waals surface area contributed by atoms with Gasteiger partial charge in [-0.1, -0.05) is 17.3 Å². The fourth-order valence-electron chi connectivity index (χ4n) is 1.72. The van der Waals surface area contributed by atoms with Crippen molar-refractivity contribution < 1.29 is 32.3 Å². The van der Waals surface area contributed by atoms with E-state index < -0.39 is 23.8 Å². The van der Waals surface area contributed by atoms with Gasteiger partial charge >= 0.3 is 12.1 Å². The lowest BCUT2D eigenvalue weighted by molar-refractivity contribution is -0.137. The van der Waals surface area contributed by atoms with Crippen LogP contribution in [0.2, 0.25) is 0 Å². The van der Waals surface area contributed by atoms with Crippen molar-refractivity contribution in [2.75, 3.05) is 7.11 Å². The Morgan fingerprint density at radius 3 is 2.48 bits per heavy atom. The van der Waals surface area contributed by atoms with E-state index in [1.807, 2.05) is 0 Å². The molecule has 0 aliphatic heterocycles. The monoisotopic (exact) mass is 301 g/mol. The van der Waals surface area contributed by atoms with Crippen LogP contribution in [0, 0.1) is 0 Å². The van der Waals surface area contributed by atoms with Crippen molar-refractivity contribution in [2.24, 2.45) is 0 Å². The number of benzene rings is 1. The van der Waals surface area contributed by atoms with E-state index in [0.717, 1.165) is 37.6 Å². The largest absolute Gasteiger partial charge is 0.465 e. The number of hydrogen-bond donors (Lipinski definition) is 1. The van der Waals surface area contributed by atoms with E-state index >= 15 is 0 Å². The number of carbonyl (C=O) groups excluding carboxylic acids is 1. The number of rotatable bonds is 3. The van der Waals surface area contributed by atoms with Crippen molar-refractivity contribution in [3.05, 3.63) is 52.9 Å². The van der Waals surface area contributed by atoms with Gasteiger partial charge in [0.05, 0.1) is 12.7 Å². The van der Waals surface area contributed by atoms with Crippen molar-refractivity contribution in [3.63, 3.8) is 0 Å². The molecule has 0 aliphatic carbocycles. The van der Waals surface area contributed by atoms with Crippen LogP contribution in [-0.4, -0.2) is 23.3 Å². The molecule has 21 heavy (non-hydrogen) atoms. The minimum atomic E-state index is -4.46. The van der Waals surface area contributed by atoms with Crippen LogP contribution in [0.1, 0.15) is 33.3 Å². The second-order valence-electron chi connectivity index (χ2n) is 4.13. The Morgan fingerprint density at radius 2 is 1.95 bits per heavy atom. The predicted octanol–water partition coefficient (Wildman–Crippen LogP) is 2.56. The van der Waals surface area contributed by atoms with Gasteiger partial charge in [0.1, 0.15) is 23.6 Å². The van der Waals surface area contributed by atoms with Gasteiger partial charge in [-0.3, -0.25) is 0 Å². The maximum absolute atomic E-state index is 12.5. The molecule has 1 N–H and O–H groups in total. The Balaban J connectivity index is 2.31. The number of esters is 1. The van der Waals surface area contributed by atoms with E-state index in [0.29, 0.717) is 0 Å². The normalized spacial score (nSPS) is 13.0. The first-order chi connectivity index (χ1) is 9.84.